The molecule has 8 nitrogen and oxygen atoms in total. The second-order valence-corrected chi connectivity index (χ2v) is 8.50. The molecule has 0 saturated heterocycles. The van der Waals surface area contributed by atoms with Crippen LogP contribution in [0.5, 0.6) is 0 Å². The Labute approximate surface area is 168 Å². The third kappa shape index (κ3) is 3.88. The van der Waals surface area contributed by atoms with Crippen LogP contribution in [0.4, 0.5) is 11.5 Å². The maximum absolute atomic E-state index is 13.2. The second kappa shape index (κ2) is 7.48. The van der Waals surface area contributed by atoms with Crippen molar-refractivity contribution in [1.82, 2.24) is 14.8 Å². The number of benzene rings is 2. The summed E-state index contributed by atoms with van der Waals surface area (Å²) in [5, 5.41) is 15.1. The normalized spacial score (nSPS) is 11.1. The van der Waals surface area contributed by atoms with E-state index in [0.29, 0.717) is 22.4 Å². The monoisotopic (exact) mass is 409 g/mol. The van der Waals surface area contributed by atoms with Gasteiger partial charge in [0.15, 0.2) is 0 Å². The lowest BCUT2D eigenvalue weighted by molar-refractivity contribution is 0.564. The third-order valence-electron chi connectivity index (χ3n) is 4.33. The Kier molecular flexibility index (Phi) is 5.22. The summed E-state index contributed by atoms with van der Waals surface area (Å²) in [6.07, 6.45) is 0. The van der Waals surface area contributed by atoms with Crippen LogP contribution in [-0.2, 0) is 16.9 Å². The van der Waals surface area contributed by atoms with Crippen LogP contribution in [0.1, 0.15) is 22.3 Å². The molecule has 29 heavy (non-hydrogen) atoms. The van der Waals surface area contributed by atoms with E-state index in [4.69, 9.17) is 5.26 Å². The maximum Gasteiger partial charge on any atom is 0.309 e. The van der Waals surface area contributed by atoms with E-state index in [9.17, 15) is 13.2 Å². The van der Waals surface area contributed by atoms with Crippen molar-refractivity contribution in [2.75, 3.05) is 5.32 Å². The smallest absolute Gasteiger partial charge is 0.309 e. The SMILES string of the molecule is Cc1cc(C)c(S(=O)(=O)c2nc(Nc3ccc(C#N)cc3)c(=O)n(C)n2)c(C)c1. The van der Waals surface area contributed by atoms with Crippen LogP contribution in [0, 0.1) is 32.1 Å². The van der Waals surface area contributed by atoms with Crippen LogP contribution in [0.25, 0.3) is 0 Å². The van der Waals surface area contributed by atoms with Gasteiger partial charge in [0.05, 0.1) is 16.5 Å². The van der Waals surface area contributed by atoms with Gasteiger partial charge < -0.3 is 5.32 Å². The second-order valence-electron chi connectivity index (χ2n) is 6.72. The predicted molar refractivity (Wildman–Crippen MR) is 108 cm³/mol. The molecule has 1 N–H and O–H groups in total. The summed E-state index contributed by atoms with van der Waals surface area (Å²) in [6.45, 7) is 5.31. The van der Waals surface area contributed by atoms with Crippen LogP contribution in [0.2, 0.25) is 0 Å². The van der Waals surface area contributed by atoms with Crippen LogP contribution in [0.15, 0.2) is 51.2 Å². The molecule has 1 heterocycles. The molecule has 0 atom stereocenters. The van der Waals surface area contributed by atoms with E-state index in [1.54, 1.807) is 50.2 Å². The van der Waals surface area contributed by atoms with Crippen LogP contribution >= 0.6 is 0 Å². The first kappa shape index (κ1) is 20.2. The third-order valence-corrected chi connectivity index (χ3v) is 6.17. The number of rotatable bonds is 4. The Bertz CT molecular complexity index is 1280. The van der Waals surface area contributed by atoms with Gasteiger partial charge >= 0.3 is 5.56 Å². The maximum atomic E-state index is 13.2. The fraction of sp³-hybridized carbons (Fsp3) is 0.200. The first-order chi connectivity index (χ1) is 13.6. The minimum Gasteiger partial charge on any atom is -0.335 e. The van der Waals surface area contributed by atoms with Gasteiger partial charge in [-0.1, -0.05) is 17.7 Å². The molecule has 0 aliphatic rings. The quantitative estimate of drug-likeness (QED) is 0.703. The van der Waals surface area contributed by atoms with Crippen LogP contribution in [0.3, 0.4) is 0 Å². The van der Waals surface area contributed by atoms with E-state index in [0.717, 1.165) is 10.2 Å². The van der Waals surface area contributed by atoms with E-state index in [1.807, 2.05) is 13.0 Å². The van der Waals surface area contributed by atoms with Crippen molar-refractivity contribution < 1.29 is 8.42 Å². The van der Waals surface area contributed by atoms with Gasteiger partial charge in [0, 0.05) is 12.7 Å². The number of nitriles is 1. The highest BCUT2D eigenvalue weighted by Crippen LogP contribution is 2.26. The largest absolute Gasteiger partial charge is 0.335 e. The predicted octanol–water partition coefficient (Wildman–Crippen LogP) is 2.55. The van der Waals surface area contributed by atoms with Crippen molar-refractivity contribution in [3.63, 3.8) is 0 Å². The molecule has 3 rings (SSSR count). The minimum absolute atomic E-state index is 0.131. The summed E-state index contributed by atoms with van der Waals surface area (Å²) in [4.78, 5) is 16.6. The zero-order valence-electron chi connectivity index (χ0n) is 16.4. The summed E-state index contributed by atoms with van der Waals surface area (Å²) in [6, 6.07) is 11.9. The number of nitrogens with one attached hydrogen (secondary N) is 1. The average Bonchev–Trinajstić information content (AvgIpc) is 2.64. The summed E-state index contributed by atoms with van der Waals surface area (Å²) >= 11 is 0. The van der Waals surface area contributed by atoms with E-state index in [1.165, 1.54) is 7.05 Å². The molecule has 9 heteroatoms. The number of nitrogens with zero attached hydrogens (tertiary/aromatic N) is 4. The lowest BCUT2D eigenvalue weighted by Crippen LogP contribution is -2.27. The van der Waals surface area contributed by atoms with Crippen molar-refractivity contribution in [2.45, 2.75) is 30.8 Å². The zero-order valence-corrected chi connectivity index (χ0v) is 17.2. The van der Waals surface area contributed by atoms with Gasteiger partial charge in [-0.3, -0.25) is 4.79 Å². The van der Waals surface area contributed by atoms with Gasteiger partial charge in [-0.05, 0) is 56.2 Å². The number of sulfone groups is 1. The molecule has 0 spiro atoms. The van der Waals surface area contributed by atoms with Gasteiger partial charge in [0.2, 0.25) is 15.7 Å². The van der Waals surface area contributed by atoms with Crippen LogP contribution in [-0.4, -0.2) is 23.2 Å². The summed E-state index contributed by atoms with van der Waals surface area (Å²) in [7, 11) is -2.68. The van der Waals surface area contributed by atoms with E-state index >= 15 is 0 Å². The minimum atomic E-state index is -4.05. The van der Waals surface area contributed by atoms with Crippen molar-refractivity contribution >= 4 is 21.3 Å². The van der Waals surface area contributed by atoms with Crippen LogP contribution < -0.4 is 10.9 Å². The van der Waals surface area contributed by atoms with Gasteiger partial charge in [-0.2, -0.15) is 10.2 Å². The molecule has 0 bridgehead atoms. The first-order valence-electron chi connectivity index (χ1n) is 8.69. The highest BCUT2D eigenvalue weighted by Gasteiger charge is 2.27. The Morgan fingerprint density at radius 2 is 1.66 bits per heavy atom. The molecule has 0 saturated carbocycles. The number of anilines is 2. The van der Waals surface area contributed by atoms with E-state index in [-0.39, 0.29) is 10.7 Å². The molecule has 0 amide bonds. The van der Waals surface area contributed by atoms with Gasteiger partial charge in [-0.15, -0.1) is 5.10 Å². The average molecular weight is 409 g/mol. The molecule has 0 unspecified atom stereocenters. The molecule has 2 aromatic carbocycles. The van der Waals surface area contributed by atoms with Crippen molar-refractivity contribution in [2.24, 2.45) is 7.05 Å². The number of hydrogen-bond acceptors (Lipinski definition) is 7. The Balaban J connectivity index is 2.12. The highest BCUT2D eigenvalue weighted by atomic mass is 32.2. The molecular weight excluding hydrogens is 390 g/mol. The number of aromatic nitrogens is 3. The fourth-order valence-electron chi connectivity index (χ4n) is 3.13. The zero-order chi connectivity index (χ0) is 21.3. The standard InChI is InChI=1S/C20H19N5O3S/c1-12-9-13(2)17(14(3)10-12)29(27,28)20-23-18(19(26)25(4)24-20)22-16-7-5-15(11-21)6-8-16/h5-10H,1-4H3,(H,22,23,24). The molecule has 148 valence electrons. The fourth-order valence-corrected chi connectivity index (χ4v) is 4.72. The van der Waals surface area contributed by atoms with Crippen molar-refractivity contribution in [3.8, 4) is 6.07 Å². The number of hydrogen-bond donors (Lipinski definition) is 1. The van der Waals surface area contributed by atoms with Crippen molar-refractivity contribution in [3.05, 3.63) is 69.0 Å². The molecule has 0 fully saturated rings. The number of aryl methyl sites for hydroxylation is 4. The molecular formula is C20H19N5O3S. The lowest BCUT2D eigenvalue weighted by atomic mass is 10.1. The highest BCUT2D eigenvalue weighted by molar-refractivity contribution is 7.91. The topological polar surface area (TPSA) is 118 Å². The van der Waals surface area contributed by atoms with Gasteiger partial charge in [0.1, 0.15) is 0 Å². The Hall–Kier alpha value is -3.51. The van der Waals surface area contributed by atoms with Crippen molar-refractivity contribution in [1.29, 1.82) is 5.26 Å². The van der Waals surface area contributed by atoms with E-state index in [2.05, 4.69) is 15.4 Å². The molecule has 0 aliphatic heterocycles. The Morgan fingerprint density at radius 3 is 2.21 bits per heavy atom. The molecule has 3 aromatic rings. The Morgan fingerprint density at radius 1 is 1.07 bits per heavy atom. The van der Waals surface area contributed by atoms with E-state index < -0.39 is 20.6 Å². The summed E-state index contributed by atoms with van der Waals surface area (Å²) in [5.41, 5.74) is 2.49. The summed E-state index contributed by atoms with van der Waals surface area (Å²) in [5.74, 6) is -0.173. The molecule has 1 aromatic heterocycles. The molecule has 0 aliphatic carbocycles. The first-order valence-corrected chi connectivity index (χ1v) is 10.2. The van der Waals surface area contributed by atoms with Gasteiger partial charge in [-0.25, -0.2) is 13.1 Å². The molecule has 0 radical (unpaired) electrons. The van der Waals surface area contributed by atoms with Gasteiger partial charge in [0.25, 0.3) is 5.16 Å². The lowest BCUT2D eigenvalue weighted by Gasteiger charge is -2.13. The summed E-state index contributed by atoms with van der Waals surface area (Å²) < 4.78 is 27.4.